The van der Waals surface area contributed by atoms with Gasteiger partial charge in [0, 0.05) is 18.6 Å². The molecule has 1 atom stereocenters. The number of ether oxygens (including phenoxy) is 1. The van der Waals surface area contributed by atoms with Crippen LogP contribution in [0.15, 0.2) is 97.1 Å². The molecule has 4 aromatic carbocycles. The Bertz CT molecular complexity index is 1430. The second-order valence-electron chi connectivity index (χ2n) is 8.36. The highest BCUT2D eigenvalue weighted by molar-refractivity contribution is 6.00. The van der Waals surface area contributed by atoms with E-state index < -0.39 is 22.8 Å². The Hall–Kier alpha value is -4.98. The smallest absolute Gasteiger partial charge is 0.328 e. The van der Waals surface area contributed by atoms with Gasteiger partial charge in [-0.05, 0) is 39.9 Å². The zero-order valence-electron chi connectivity index (χ0n) is 20.0. The molecule has 37 heavy (non-hydrogen) atoms. The molecule has 0 fully saturated rings. The summed E-state index contributed by atoms with van der Waals surface area (Å²) in [6, 6.07) is 26.7. The van der Waals surface area contributed by atoms with Gasteiger partial charge in [0.1, 0.15) is 11.8 Å². The third-order valence-electron chi connectivity index (χ3n) is 5.92. The van der Waals surface area contributed by atoms with Gasteiger partial charge in [-0.2, -0.15) is 0 Å². The zero-order valence-corrected chi connectivity index (χ0v) is 20.0. The molecule has 1 unspecified atom stereocenters. The van der Waals surface area contributed by atoms with Crippen LogP contribution in [0.5, 0.6) is 5.75 Å². The fraction of sp³-hybridized carbons (Fsp3) is 0.103. The van der Waals surface area contributed by atoms with Crippen molar-refractivity contribution in [3.05, 3.63) is 118 Å². The number of phenolic OH excluding ortho intramolecular Hbond substituents is 1. The highest BCUT2D eigenvalue weighted by Crippen LogP contribution is 2.28. The number of non-ortho nitro benzene ring substituents is 1. The average Bonchev–Trinajstić information content (AvgIpc) is 2.93. The lowest BCUT2D eigenvalue weighted by atomic mass is 9.99. The number of nitro groups is 1. The van der Waals surface area contributed by atoms with E-state index in [4.69, 9.17) is 4.74 Å². The van der Waals surface area contributed by atoms with Crippen molar-refractivity contribution in [3.63, 3.8) is 0 Å². The van der Waals surface area contributed by atoms with Gasteiger partial charge in [0.15, 0.2) is 0 Å². The van der Waals surface area contributed by atoms with E-state index in [1.807, 2.05) is 54.6 Å². The third kappa shape index (κ3) is 5.99. The molecule has 0 aromatic heterocycles. The molecular weight excluding hydrogens is 472 g/mol. The molecule has 0 saturated heterocycles. The number of hydrogen-bond acceptors (Lipinski definition) is 6. The molecule has 8 heteroatoms. The lowest BCUT2D eigenvalue weighted by Crippen LogP contribution is -2.43. The number of amides is 1. The molecule has 0 radical (unpaired) electrons. The number of hydrogen-bond donors (Lipinski definition) is 2. The van der Waals surface area contributed by atoms with Gasteiger partial charge in [-0.15, -0.1) is 0 Å². The maximum absolute atomic E-state index is 13.1. The van der Waals surface area contributed by atoms with E-state index in [2.05, 4.69) is 5.32 Å². The largest absolute Gasteiger partial charge is 0.507 e. The predicted octanol–water partition coefficient (Wildman–Crippen LogP) is 5.15. The van der Waals surface area contributed by atoms with Crippen molar-refractivity contribution >= 4 is 17.6 Å². The van der Waals surface area contributed by atoms with Crippen molar-refractivity contribution in [1.29, 1.82) is 0 Å². The summed E-state index contributed by atoms with van der Waals surface area (Å²) in [4.78, 5) is 36.2. The minimum atomic E-state index is -0.999. The van der Waals surface area contributed by atoms with Gasteiger partial charge in [0.2, 0.25) is 0 Å². The van der Waals surface area contributed by atoms with Crippen LogP contribution in [0.2, 0.25) is 0 Å². The van der Waals surface area contributed by atoms with Crippen LogP contribution >= 0.6 is 0 Å². The zero-order chi connectivity index (χ0) is 26.4. The number of rotatable bonds is 8. The molecule has 0 heterocycles. The number of carbonyl (C=O) groups excluding carboxylic acids is 2. The molecule has 1 amide bonds. The van der Waals surface area contributed by atoms with Crippen molar-refractivity contribution < 1.29 is 24.4 Å². The number of methoxy groups -OCH3 is 1. The maximum Gasteiger partial charge on any atom is 0.328 e. The summed E-state index contributed by atoms with van der Waals surface area (Å²) in [6.45, 7) is 0. The fourth-order valence-corrected chi connectivity index (χ4v) is 3.97. The normalized spacial score (nSPS) is 11.4. The molecule has 0 aliphatic rings. The number of phenols is 1. The molecule has 186 valence electrons. The summed E-state index contributed by atoms with van der Waals surface area (Å²) < 4.78 is 4.89. The van der Waals surface area contributed by atoms with Crippen molar-refractivity contribution in [1.82, 2.24) is 5.32 Å². The molecular formula is C29H24N2O6. The minimum absolute atomic E-state index is 0.0719. The predicted molar refractivity (Wildman–Crippen MR) is 139 cm³/mol. The van der Waals surface area contributed by atoms with Crippen LogP contribution in [0.1, 0.15) is 15.9 Å². The van der Waals surface area contributed by atoms with Crippen molar-refractivity contribution in [2.24, 2.45) is 0 Å². The maximum atomic E-state index is 13.1. The summed E-state index contributed by atoms with van der Waals surface area (Å²) in [5.74, 6) is -1.60. The first-order chi connectivity index (χ1) is 17.9. The van der Waals surface area contributed by atoms with Gasteiger partial charge in [-0.3, -0.25) is 14.9 Å². The lowest BCUT2D eigenvalue weighted by molar-refractivity contribution is -0.384. The average molecular weight is 497 g/mol. The molecule has 4 aromatic rings. The monoisotopic (exact) mass is 496 g/mol. The summed E-state index contributed by atoms with van der Waals surface area (Å²) >= 11 is 0. The number of nitro benzene ring substituents is 1. The van der Waals surface area contributed by atoms with Crippen LogP contribution in [-0.4, -0.2) is 35.1 Å². The molecule has 2 N–H and O–H groups in total. The summed E-state index contributed by atoms with van der Waals surface area (Å²) in [7, 11) is 1.24. The first-order valence-electron chi connectivity index (χ1n) is 11.5. The Labute approximate surface area is 213 Å². The highest BCUT2D eigenvalue weighted by atomic mass is 16.6. The van der Waals surface area contributed by atoms with Crippen LogP contribution in [0.3, 0.4) is 0 Å². The van der Waals surface area contributed by atoms with Crippen LogP contribution in [0.25, 0.3) is 22.3 Å². The van der Waals surface area contributed by atoms with Crippen LogP contribution in [0, 0.1) is 10.1 Å². The minimum Gasteiger partial charge on any atom is -0.507 e. The van der Waals surface area contributed by atoms with Gasteiger partial charge >= 0.3 is 5.97 Å². The molecule has 0 saturated carbocycles. The molecule has 4 rings (SSSR count). The van der Waals surface area contributed by atoms with E-state index in [1.54, 1.807) is 12.1 Å². The molecule has 8 nitrogen and oxygen atoms in total. The Kier molecular flexibility index (Phi) is 7.59. The van der Waals surface area contributed by atoms with E-state index in [1.165, 1.54) is 37.4 Å². The number of aromatic hydroxyl groups is 1. The van der Waals surface area contributed by atoms with E-state index in [0.717, 1.165) is 16.7 Å². The fourth-order valence-electron chi connectivity index (χ4n) is 3.97. The van der Waals surface area contributed by atoms with Crippen LogP contribution < -0.4 is 5.32 Å². The van der Waals surface area contributed by atoms with Crippen molar-refractivity contribution in [2.45, 2.75) is 12.5 Å². The SMILES string of the molecule is COC(=O)C(Cc1ccc(-c2ccccc2)cc1)NC(=O)c1cc(-c2cccc([N+](=O)[O-])c2)ccc1O. The van der Waals surface area contributed by atoms with Crippen molar-refractivity contribution in [2.75, 3.05) is 7.11 Å². The molecule has 0 bridgehead atoms. The first kappa shape index (κ1) is 25.1. The van der Waals surface area contributed by atoms with Gasteiger partial charge in [0.05, 0.1) is 17.6 Å². The second kappa shape index (κ2) is 11.2. The summed E-state index contributed by atoms with van der Waals surface area (Å²) in [5, 5.41) is 24.1. The second-order valence-corrected chi connectivity index (χ2v) is 8.36. The number of esters is 1. The van der Waals surface area contributed by atoms with Crippen LogP contribution in [-0.2, 0) is 16.0 Å². The van der Waals surface area contributed by atoms with E-state index in [0.29, 0.717) is 11.1 Å². The number of nitrogens with zero attached hydrogens (tertiary/aromatic N) is 1. The van der Waals surface area contributed by atoms with E-state index in [-0.39, 0.29) is 23.4 Å². The van der Waals surface area contributed by atoms with Gasteiger partial charge < -0.3 is 15.2 Å². The number of carbonyl (C=O) groups is 2. The van der Waals surface area contributed by atoms with Gasteiger partial charge in [-0.1, -0.05) is 72.8 Å². The Morgan fingerprint density at radius 2 is 1.49 bits per heavy atom. The standard InChI is InChI=1S/C29H24N2O6/c1-37-29(34)26(16-19-10-12-21(13-11-19)20-6-3-2-4-7-20)30-28(33)25-18-23(14-15-27(25)32)22-8-5-9-24(17-22)31(35)36/h2-15,17-18,26,32H,16H2,1H3,(H,30,33). The lowest BCUT2D eigenvalue weighted by Gasteiger charge is -2.18. The quantitative estimate of drug-likeness (QED) is 0.198. The van der Waals surface area contributed by atoms with Crippen molar-refractivity contribution in [3.8, 4) is 28.0 Å². The van der Waals surface area contributed by atoms with Crippen LogP contribution in [0.4, 0.5) is 5.69 Å². The molecule has 0 spiro atoms. The topological polar surface area (TPSA) is 119 Å². The first-order valence-corrected chi connectivity index (χ1v) is 11.5. The molecule has 0 aliphatic carbocycles. The third-order valence-corrected chi connectivity index (χ3v) is 5.92. The van der Waals surface area contributed by atoms with E-state index in [9.17, 15) is 24.8 Å². The Morgan fingerprint density at radius 1 is 0.865 bits per heavy atom. The summed E-state index contributed by atoms with van der Waals surface area (Å²) in [5.41, 5.74) is 3.73. The van der Waals surface area contributed by atoms with Gasteiger partial charge in [-0.25, -0.2) is 4.79 Å². The van der Waals surface area contributed by atoms with Gasteiger partial charge in [0.25, 0.3) is 11.6 Å². The summed E-state index contributed by atoms with van der Waals surface area (Å²) in [6.07, 6.45) is 0.179. The van der Waals surface area contributed by atoms with E-state index >= 15 is 0 Å². The Balaban J connectivity index is 1.55. The highest BCUT2D eigenvalue weighted by Gasteiger charge is 2.24. The number of nitrogens with one attached hydrogen (secondary N) is 1. The Morgan fingerprint density at radius 3 is 2.16 bits per heavy atom. The molecule has 0 aliphatic heterocycles. The number of benzene rings is 4.